The highest BCUT2D eigenvalue weighted by molar-refractivity contribution is 7.85. The lowest BCUT2D eigenvalue weighted by atomic mass is 9.94. The summed E-state index contributed by atoms with van der Waals surface area (Å²) in [6, 6.07) is 0. The minimum Gasteiger partial charge on any atom is -0.318 e. The average molecular weight is 240 g/mol. The van der Waals surface area contributed by atoms with Crippen molar-refractivity contribution in [3.63, 3.8) is 0 Å². The van der Waals surface area contributed by atoms with Crippen LogP contribution >= 0.6 is 0 Å². The lowest BCUT2D eigenvalue weighted by Gasteiger charge is -2.27. The molecule has 6 nitrogen and oxygen atoms in total. The summed E-state index contributed by atoms with van der Waals surface area (Å²) in [6.45, 7) is 0.306. The molecule has 1 aliphatic carbocycles. The monoisotopic (exact) mass is 240 g/mol. The van der Waals surface area contributed by atoms with E-state index in [2.05, 4.69) is 0 Å². The molecule has 0 aromatic heterocycles. The molecule has 0 unspecified atom stereocenters. The normalized spacial score (nSPS) is 24.7. The van der Waals surface area contributed by atoms with Crippen molar-refractivity contribution in [1.29, 1.82) is 0 Å². The van der Waals surface area contributed by atoms with Gasteiger partial charge in [-0.15, -0.1) is 0 Å². The van der Waals surface area contributed by atoms with E-state index in [1.807, 2.05) is 0 Å². The fraction of sp³-hybridized carbons (Fsp3) is 1.00. The third kappa shape index (κ3) is 5.43. The molecule has 0 aromatic carbocycles. The Kier molecular flexibility index (Phi) is 4.47. The molecule has 0 atom stereocenters. The van der Waals surface area contributed by atoms with Crippen molar-refractivity contribution in [1.82, 2.24) is 0 Å². The second-order valence-corrected chi connectivity index (χ2v) is 5.13. The highest BCUT2D eigenvalue weighted by atomic mass is 32.2. The van der Waals surface area contributed by atoms with Crippen LogP contribution in [-0.4, -0.2) is 31.8 Å². The third-order valence-electron chi connectivity index (χ3n) is 2.20. The maximum Gasteiger partial charge on any atom is 0.261 e. The zero-order valence-electron chi connectivity index (χ0n) is 8.64. The Morgan fingerprint density at radius 2 is 1.73 bits per heavy atom. The van der Waals surface area contributed by atoms with Crippen molar-refractivity contribution in [3.05, 3.63) is 0 Å². The van der Waals surface area contributed by atoms with Crippen molar-refractivity contribution in [3.8, 4) is 0 Å². The van der Waals surface area contributed by atoms with Gasteiger partial charge < -0.3 is 4.74 Å². The third-order valence-corrected chi connectivity index (χ3v) is 2.20. The van der Waals surface area contributed by atoms with Gasteiger partial charge in [0.15, 0.2) is 6.79 Å². The maximum atomic E-state index is 9.19. The van der Waals surface area contributed by atoms with E-state index in [0.29, 0.717) is 13.0 Å². The van der Waals surface area contributed by atoms with E-state index in [1.54, 1.807) is 0 Å². The Balaban J connectivity index is 0.000000195. The maximum absolute atomic E-state index is 9.19. The molecule has 1 saturated carbocycles. The van der Waals surface area contributed by atoms with Gasteiger partial charge in [-0.2, -0.15) is 13.3 Å². The Morgan fingerprint density at radius 3 is 2.13 bits per heavy atom. The van der Waals surface area contributed by atoms with Crippen molar-refractivity contribution >= 4 is 10.1 Å². The van der Waals surface area contributed by atoms with Gasteiger partial charge in [-0.05, 0) is 12.8 Å². The molecule has 1 saturated heterocycles. The largest absolute Gasteiger partial charge is 0.318 e. The first-order valence-electron chi connectivity index (χ1n) is 4.78. The summed E-state index contributed by atoms with van der Waals surface area (Å²) >= 11 is 0. The second-order valence-electron chi connectivity index (χ2n) is 3.67. The van der Waals surface area contributed by atoms with Gasteiger partial charge in [-0.25, -0.2) is 4.89 Å². The highest BCUT2D eigenvalue weighted by Crippen LogP contribution is 2.35. The number of hydrogen-bond donors (Lipinski definition) is 1. The Bertz CT molecular complexity index is 264. The summed E-state index contributed by atoms with van der Waals surface area (Å²) in [5.74, 6) is -0.349. The molecular weight excluding hydrogens is 224 g/mol. The fourth-order valence-electron chi connectivity index (χ4n) is 1.61. The van der Waals surface area contributed by atoms with E-state index in [4.69, 9.17) is 19.1 Å². The van der Waals surface area contributed by atoms with Gasteiger partial charge in [-0.1, -0.05) is 6.42 Å². The molecule has 7 heteroatoms. The van der Waals surface area contributed by atoms with Crippen LogP contribution in [0.5, 0.6) is 0 Å². The molecule has 0 bridgehead atoms. The fourth-order valence-corrected chi connectivity index (χ4v) is 1.61. The molecule has 0 aromatic rings. The number of hydrogen-bond acceptors (Lipinski definition) is 5. The van der Waals surface area contributed by atoms with Crippen molar-refractivity contribution in [2.75, 3.05) is 13.0 Å². The van der Waals surface area contributed by atoms with Crippen LogP contribution in [0.4, 0.5) is 0 Å². The molecule has 1 spiro atoms. The summed E-state index contributed by atoms with van der Waals surface area (Å²) < 4.78 is 31.2. The van der Waals surface area contributed by atoms with Crippen LogP contribution in [0.2, 0.25) is 0 Å². The molecule has 1 N–H and O–H groups in total. The lowest BCUT2D eigenvalue weighted by molar-refractivity contribution is -0.328. The summed E-state index contributed by atoms with van der Waals surface area (Å²) in [5.41, 5.74) is 0. The summed E-state index contributed by atoms with van der Waals surface area (Å²) in [4.78, 5) is 9.77. The Morgan fingerprint density at radius 1 is 1.20 bits per heavy atom. The van der Waals surface area contributed by atoms with Crippen molar-refractivity contribution in [2.24, 2.45) is 0 Å². The van der Waals surface area contributed by atoms with E-state index in [1.165, 1.54) is 19.3 Å². The Hall–Kier alpha value is -0.210. The second kappa shape index (κ2) is 5.22. The zero-order valence-corrected chi connectivity index (χ0v) is 9.46. The molecule has 1 aliphatic heterocycles. The lowest BCUT2D eigenvalue weighted by Crippen LogP contribution is -2.32. The average Bonchev–Trinajstić information content (AvgIpc) is 2.52. The Labute approximate surface area is 89.2 Å². The van der Waals surface area contributed by atoms with Crippen LogP contribution in [0.1, 0.15) is 32.1 Å². The molecule has 2 fully saturated rings. The molecule has 2 rings (SSSR count). The van der Waals surface area contributed by atoms with Crippen LogP contribution in [0, 0.1) is 0 Å². The van der Waals surface area contributed by atoms with E-state index in [9.17, 15) is 8.42 Å². The highest BCUT2D eigenvalue weighted by Gasteiger charge is 2.39. The first-order chi connectivity index (χ1) is 6.91. The molecular formula is C8H16O6S. The smallest absolute Gasteiger partial charge is 0.261 e. The topological polar surface area (TPSA) is 82.1 Å². The number of rotatable bonds is 0. The zero-order chi connectivity index (χ0) is 11.4. The van der Waals surface area contributed by atoms with E-state index in [0.717, 1.165) is 12.8 Å². The van der Waals surface area contributed by atoms with Gasteiger partial charge in [0.05, 0.1) is 6.26 Å². The predicted octanol–water partition coefficient (Wildman–Crippen LogP) is 1.09. The molecule has 1 heterocycles. The molecule has 0 amide bonds. The molecule has 2 aliphatic rings. The van der Waals surface area contributed by atoms with Crippen molar-refractivity contribution in [2.45, 2.75) is 37.9 Å². The van der Waals surface area contributed by atoms with Gasteiger partial charge >= 0.3 is 0 Å². The van der Waals surface area contributed by atoms with Crippen LogP contribution in [0.25, 0.3) is 0 Å². The van der Waals surface area contributed by atoms with Gasteiger partial charge in [-0.3, -0.25) is 4.55 Å². The summed E-state index contributed by atoms with van der Waals surface area (Å²) in [7, 11) is -3.67. The first-order valence-corrected chi connectivity index (χ1v) is 6.63. The molecule has 90 valence electrons. The van der Waals surface area contributed by atoms with Gasteiger partial charge in [0.1, 0.15) is 0 Å². The standard InChI is InChI=1S/C7H12O3.CH4O3S/c1-2-4-7(5-3-1)8-6-9-10-7;1-5(2,3)4/h1-6H2;1H3,(H,2,3,4). The van der Waals surface area contributed by atoms with Crippen LogP contribution < -0.4 is 0 Å². The minimum absolute atomic E-state index is 0.306. The van der Waals surface area contributed by atoms with E-state index < -0.39 is 10.1 Å². The summed E-state index contributed by atoms with van der Waals surface area (Å²) in [6.07, 6.45) is 6.40. The predicted molar refractivity (Wildman–Crippen MR) is 51.4 cm³/mol. The van der Waals surface area contributed by atoms with Crippen molar-refractivity contribution < 1.29 is 27.5 Å². The van der Waals surface area contributed by atoms with Gasteiger partial charge in [0, 0.05) is 12.8 Å². The van der Waals surface area contributed by atoms with Crippen LogP contribution in [-0.2, 0) is 24.6 Å². The van der Waals surface area contributed by atoms with E-state index >= 15 is 0 Å². The van der Waals surface area contributed by atoms with E-state index in [-0.39, 0.29) is 5.79 Å². The minimum atomic E-state index is -3.67. The quantitative estimate of drug-likeness (QED) is 0.504. The SMILES string of the molecule is C1CCC2(CC1)OCOO2.CS(=O)(=O)O. The molecule has 0 radical (unpaired) electrons. The summed E-state index contributed by atoms with van der Waals surface area (Å²) in [5, 5.41) is 0. The molecule has 15 heavy (non-hydrogen) atoms. The van der Waals surface area contributed by atoms with Crippen LogP contribution in [0.15, 0.2) is 0 Å². The first kappa shape index (κ1) is 12.9. The van der Waals surface area contributed by atoms with Gasteiger partial charge in [0.25, 0.3) is 10.1 Å². The van der Waals surface area contributed by atoms with Crippen LogP contribution in [0.3, 0.4) is 0 Å². The van der Waals surface area contributed by atoms with Gasteiger partial charge in [0.2, 0.25) is 5.79 Å². The number of ether oxygens (including phenoxy) is 1.